The van der Waals surface area contributed by atoms with Crippen molar-refractivity contribution >= 4 is 5.82 Å². The number of anilines is 1. The molecule has 3 unspecified atom stereocenters. The standard InChI is InChI=1S/C21H34N4O/c1-16-7-10-25(11-8-16)21-6-5-17(14-24-21)13-23-19-4-2-3-18(19)20-15-26-12-9-22-20/h5-6,14,16,18-20,22-23H,2-4,7-13,15H2,1H3. The highest BCUT2D eigenvalue weighted by atomic mass is 16.5. The predicted octanol–water partition coefficient (Wildman–Crippen LogP) is 2.56. The van der Waals surface area contributed by atoms with E-state index in [9.17, 15) is 0 Å². The van der Waals surface area contributed by atoms with E-state index >= 15 is 0 Å². The predicted molar refractivity (Wildman–Crippen MR) is 105 cm³/mol. The lowest BCUT2D eigenvalue weighted by Gasteiger charge is -2.33. The molecule has 1 saturated carbocycles. The Hall–Kier alpha value is -1.17. The first-order valence-electron chi connectivity index (χ1n) is 10.5. The summed E-state index contributed by atoms with van der Waals surface area (Å²) in [6, 6.07) is 5.57. The van der Waals surface area contributed by atoms with E-state index in [0.717, 1.165) is 51.1 Å². The van der Waals surface area contributed by atoms with Gasteiger partial charge in [-0.15, -0.1) is 0 Å². The van der Waals surface area contributed by atoms with E-state index in [4.69, 9.17) is 9.72 Å². The van der Waals surface area contributed by atoms with Crippen LogP contribution in [0, 0.1) is 11.8 Å². The summed E-state index contributed by atoms with van der Waals surface area (Å²) in [4.78, 5) is 7.16. The maximum Gasteiger partial charge on any atom is 0.128 e. The minimum atomic E-state index is 0.519. The average Bonchev–Trinajstić information content (AvgIpc) is 3.17. The topological polar surface area (TPSA) is 49.4 Å². The van der Waals surface area contributed by atoms with Gasteiger partial charge in [0.25, 0.3) is 0 Å². The Balaban J connectivity index is 1.28. The largest absolute Gasteiger partial charge is 0.379 e. The van der Waals surface area contributed by atoms with Crippen molar-refractivity contribution in [3.05, 3.63) is 23.9 Å². The van der Waals surface area contributed by atoms with E-state index in [2.05, 4.69) is 40.8 Å². The Kier molecular flexibility index (Phi) is 6.08. The van der Waals surface area contributed by atoms with Gasteiger partial charge in [0.1, 0.15) is 5.82 Å². The molecule has 3 fully saturated rings. The summed E-state index contributed by atoms with van der Waals surface area (Å²) in [5, 5.41) is 7.45. The van der Waals surface area contributed by atoms with Crippen molar-refractivity contribution in [1.82, 2.24) is 15.6 Å². The lowest BCUT2D eigenvalue weighted by atomic mass is 9.94. The summed E-state index contributed by atoms with van der Waals surface area (Å²) >= 11 is 0. The zero-order valence-corrected chi connectivity index (χ0v) is 16.1. The summed E-state index contributed by atoms with van der Waals surface area (Å²) in [5.41, 5.74) is 1.29. The van der Waals surface area contributed by atoms with E-state index in [0.29, 0.717) is 18.0 Å². The minimum absolute atomic E-state index is 0.519. The molecule has 5 nitrogen and oxygen atoms in total. The molecule has 3 aliphatic rings. The van der Waals surface area contributed by atoms with Crippen molar-refractivity contribution in [2.45, 2.75) is 57.7 Å². The van der Waals surface area contributed by atoms with Crippen LogP contribution < -0.4 is 15.5 Å². The molecule has 2 N–H and O–H groups in total. The number of nitrogens with one attached hydrogen (secondary N) is 2. The van der Waals surface area contributed by atoms with E-state index < -0.39 is 0 Å². The third kappa shape index (κ3) is 4.38. The molecular weight excluding hydrogens is 324 g/mol. The first kappa shape index (κ1) is 18.2. The van der Waals surface area contributed by atoms with Crippen LogP contribution in [0.4, 0.5) is 5.82 Å². The molecule has 1 aromatic heterocycles. The zero-order valence-electron chi connectivity index (χ0n) is 16.1. The van der Waals surface area contributed by atoms with Crippen LogP contribution in [0.1, 0.15) is 44.6 Å². The monoisotopic (exact) mass is 358 g/mol. The van der Waals surface area contributed by atoms with Gasteiger partial charge in [0.05, 0.1) is 13.2 Å². The van der Waals surface area contributed by atoms with Crippen molar-refractivity contribution in [3.63, 3.8) is 0 Å². The molecule has 5 heteroatoms. The molecule has 3 heterocycles. The molecule has 2 aliphatic heterocycles. The second-order valence-electron chi connectivity index (χ2n) is 8.41. The van der Waals surface area contributed by atoms with Crippen molar-refractivity contribution in [2.75, 3.05) is 37.7 Å². The fourth-order valence-corrected chi connectivity index (χ4v) is 4.78. The Morgan fingerprint density at radius 2 is 2.12 bits per heavy atom. The highest BCUT2D eigenvalue weighted by Crippen LogP contribution is 2.30. The quantitative estimate of drug-likeness (QED) is 0.847. The molecule has 4 rings (SSSR count). The zero-order chi connectivity index (χ0) is 17.8. The van der Waals surface area contributed by atoms with Gasteiger partial charge >= 0.3 is 0 Å². The van der Waals surface area contributed by atoms with E-state index in [1.807, 2.05) is 0 Å². The van der Waals surface area contributed by atoms with Gasteiger partial charge in [-0.25, -0.2) is 4.98 Å². The summed E-state index contributed by atoms with van der Waals surface area (Å²) in [7, 11) is 0. The molecule has 3 atom stereocenters. The van der Waals surface area contributed by atoms with Gasteiger partial charge < -0.3 is 20.3 Å². The number of piperidine rings is 1. The Morgan fingerprint density at radius 1 is 1.23 bits per heavy atom. The summed E-state index contributed by atoms with van der Waals surface area (Å²) in [6.07, 6.45) is 8.54. The number of hydrogen-bond acceptors (Lipinski definition) is 5. The van der Waals surface area contributed by atoms with Crippen LogP contribution in [0.3, 0.4) is 0 Å². The highest BCUT2D eigenvalue weighted by Gasteiger charge is 2.34. The van der Waals surface area contributed by atoms with Crippen LogP contribution in [0.2, 0.25) is 0 Å². The number of pyridine rings is 1. The Bertz CT molecular complexity index is 550. The Labute approximate surface area is 157 Å². The van der Waals surface area contributed by atoms with Crippen LogP contribution in [-0.2, 0) is 11.3 Å². The number of nitrogens with zero attached hydrogens (tertiary/aromatic N) is 2. The molecule has 0 aromatic carbocycles. The molecular formula is C21H34N4O. The first-order chi connectivity index (χ1) is 12.8. The van der Waals surface area contributed by atoms with Gasteiger partial charge in [0, 0.05) is 44.5 Å². The van der Waals surface area contributed by atoms with Gasteiger partial charge in [0.2, 0.25) is 0 Å². The lowest BCUT2D eigenvalue weighted by Crippen LogP contribution is -2.50. The van der Waals surface area contributed by atoms with Crippen molar-refractivity contribution in [3.8, 4) is 0 Å². The third-order valence-electron chi connectivity index (χ3n) is 6.52. The fourth-order valence-electron chi connectivity index (χ4n) is 4.78. The molecule has 26 heavy (non-hydrogen) atoms. The van der Waals surface area contributed by atoms with Crippen molar-refractivity contribution < 1.29 is 4.74 Å². The van der Waals surface area contributed by atoms with Gasteiger partial charge in [-0.2, -0.15) is 0 Å². The number of aromatic nitrogens is 1. The average molecular weight is 359 g/mol. The molecule has 0 bridgehead atoms. The van der Waals surface area contributed by atoms with Gasteiger partial charge in [0.15, 0.2) is 0 Å². The van der Waals surface area contributed by atoms with Crippen molar-refractivity contribution in [1.29, 1.82) is 0 Å². The lowest BCUT2D eigenvalue weighted by molar-refractivity contribution is 0.0524. The van der Waals surface area contributed by atoms with Crippen LogP contribution >= 0.6 is 0 Å². The van der Waals surface area contributed by atoms with Crippen LogP contribution in [0.25, 0.3) is 0 Å². The third-order valence-corrected chi connectivity index (χ3v) is 6.52. The first-order valence-corrected chi connectivity index (χ1v) is 10.5. The van der Waals surface area contributed by atoms with Crippen LogP contribution in [0.15, 0.2) is 18.3 Å². The SMILES string of the molecule is CC1CCN(c2ccc(CNC3CCCC3C3COCCN3)cn2)CC1. The number of rotatable bonds is 5. The molecule has 144 valence electrons. The maximum atomic E-state index is 5.68. The fraction of sp³-hybridized carbons (Fsp3) is 0.762. The number of morpholine rings is 1. The van der Waals surface area contributed by atoms with Crippen LogP contribution in [0.5, 0.6) is 0 Å². The molecule has 0 amide bonds. The smallest absolute Gasteiger partial charge is 0.128 e. The number of hydrogen-bond donors (Lipinski definition) is 2. The molecule has 2 saturated heterocycles. The van der Waals surface area contributed by atoms with Crippen molar-refractivity contribution in [2.24, 2.45) is 11.8 Å². The molecule has 0 radical (unpaired) electrons. The second-order valence-corrected chi connectivity index (χ2v) is 8.41. The normalized spacial score (nSPS) is 30.7. The second kappa shape index (κ2) is 8.68. The molecule has 1 aliphatic carbocycles. The van der Waals surface area contributed by atoms with Gasteiger partial charge in [-0.3, -0.25) is 0 Å². The Morgan fingerprint density at radius 3 is 2.85 bits per heavy atom. The minimum Gasteiger partial charge on any atom is -0.379 e. The van der Waals surface area contributed by atoms with E-state index in [1.165, 1.54) is 37.7 Å². The maximum absolute atomic E-state index is 5.68. The summed E-state index contributed by atoms with van der Waals surface area (Å²) in [5.74, 6) is 2.69. The van der Waals surface area contributed by atoms with E-state index in [-0.39, 0.29) is 0 Å². The molecule has 1 aromatic rings. The molecule has 0 spiro atoms. The highest BCUT2D eigenvalue weighted by molar-refractivity contribution is 5.39. The van der Waals surface area contributed by atoms with Crippen LogP contribution in [-0.4, -0.2) is 49.9 Å². The summed E-state index contributed by atoms with van der Waals surface area (Å²) < 4.78 is 5.68. The number of ether oxygens (including phenoxy) is 1. The van der Waals surface area contributed by atoms with Gasteiger partial charge in [-0.05, 0) is 49.1 Å². The van der Waals surface area contributed by atoms with Gasteiger partial charge in [-0.1, -0.05) is 19.4 Å². The van der Waals surface area contributed by atoms with E-state index in [1.54, 1.807) is 0 Å². The summed E-state index contributed by atoms with van der Waals surface area (Å²) in [6.45, 7) is 8.28.